The highest BCUT2D eigenvalue weighted by Gasteiger charge is 2.03. The molecule has 0 aromatic carbocycles. The molecule has 0 aliphatic rings. The van der Waals surface area contributed by atoms with Crippen LogP contribution in [0.1, 0.15) is 25.6 Å². The molecule has 0 aliphatic carbocycles. The van der Waals surface area contributed by atoms with Gasteiger partial charge in [0.2, 0.25) is 0 Å². The van der Waals surface area contributed by atoms with Crippen molar-refractivity contribution in [1.82, 2.24) is 5.32 Å². The minimum atomic E-state index is 0.607. The molecule has 1 rings (SSSR count). The van der Waals surface area contributed by atoms with Gasteiger partial charge in [-0.1, -0.05) is 19.9 Å². The Hall–Kier alpha value is 0.01000. The smallest absolute Gasteiger partial charge is 0.0302 e. The zero-order valence-electron chi connectivity index (χ0n) is 9.82. The van der Waals surface area contributed by atoms with Crippen LogP contribution < -0.4 is 5.32 Å². The molecule has 0 aliphatic heterocycles. The van der Waals surface area contributed by atoms with Gasteiger partial charge >= 0.3 is 0 Å². The van der Waals surface area contributed by atoms with Crippen LogP contribution in [-0.4, -0.2) is 17.5 Å². The summed E-state index contributed by atoms with van der Waals surface area (Å²) >= 11 is 3.87. The Labute approximate surface area is 102 Å². The van der Waals surface area contributed by atoms with Gasteiger partial charge in [-0.3, -0.25) is 0 Å². The standard InChI is InChI=1S/C12H21NS2/c1-10(2)8-14-9-11(3)13-7-12-5-4-6-15-12/h4-6,10-11,13H,7-9H2,1-3H3. The summed E-state index contributed by atoms with van der Waals surface area (Å²) in [6.07, 6.45) is 0. The van der Waals surface area contributed by atoms with E-state index in [2.05, 4.69) is 43.6 Å². The lowest BCUT2D eigenvalue weighted by atomic mass is 10.3. The van der Waals surface area contributed by atoms with E-state index >= 15 is 0 Å². The quantitative estimate of drug-likeness (QED) is 0.785. The van der Waals surface area contributed by atoms with E-state index < -0.39 is 0 Å². The predicted octanol–water partition coefficient (Wildman–Crippen LogP) is 3.62. The van der Waals surface area contributed by atoms with Crippen molar-refractivity contribution in [2.75, 3.05) is 11.5 Å². The molecule has 1 nitrogen and oxygen atoms in total. The van der Waals surface area contributed by atoms with E-state index in [-0.39, 0.29) is 0 Å². The maximum absolute atomic E-state index is 3.55. The summed E-state index contributed by atoms with van der Waals surface area (Å²) in [4.78, 5) is 1.43. The largest absolute Gasteiger partial charge is 0.309 e. The molecular formula is C12H21NS2. The number of nitrogens with one attached hydrogen (secondary N) is 1. The van der Waals surface area contributed by atoms with Gasteiger partial charge in [0.1, 0.15) is 0 Å². The van der Waals surface area contributed by atoms with E-state index in [0.29, 0.717) is 6.04 Å². The summed E-state index contributed by atoms with van der Waals surface area (Å²) in [6, 6.07) is 4.90. The zero-order chi connectivity index (χ0) is 11.1. The minimum absolute atomic E-state index is 0.607. The molecule has 86 valence electrons. The summed E-state index contributed by atoms with van der Waals surface area (Å²) in [6.45, 7) is 7.83. The third kappa shape index (κ3) is 6.23. The molecule has 0 saturated heterocycles. The van der Waals surface area contributed by atoms with Crippen LogP contribution in [-0.2, 0) is 6.54 Å². The van der Waals surface area contributed by atoms with Crippen LogP contribution in [0.4, 0.5) is 0 Å². The van der Waals surface area contributed by atoms with E-state index in [0.717, 1.165) is 12.5 Å². The Morgan fingerprint density at radius 3 is 2.73 bits per heavy atom. The van der Waals surface area contributed by atoms with Crippen molar-refractivity contribution in [2.24, 2.45) is 5.92 Å². The molecule has 0 fully saturated rings. The van der Waals surface area contributed by atoms with Gasteiger partial charge < -0.3 is 5.32 Å². The van der Waals surface area contributed by atoms with Gasteiger partial charge in [0.15, 0.2) is 0 Å². The lowest BCUT2D eigenvalue weighted by molar-refractivity contribution is 0.599. The summed E-state index contributed by atoms with van der Waals surface area (Å²) in [5.41, 5.74) is 0. The lowest BCUT2D eigenvalue weighted by Gasteiger charge is -2.13. The van der Waals surface area contributed by atoms with Crippen LogP contribution in [0.25, 0.3) is 0 Å². The van der Waals surface area contributed by atoms with Crippen molar-refractivity contribution in [2.45, 2.75) is 33.4 Å². The SMILES string of the molecule is CC(C)CSCC(C)NCc1cccs1. The molecule has 1 heterocycles. The molecule has 3 heteroatoms. The zero-order valence-corrected chi connectivity index (χ0v) is 11.5. The van der Waals surface area contributed by atoms with Gasteiger partial charge in [-0.25, -0.2) is 0 Å². The molecular weight excluding hydrogens is 222 g/mol. The maximum Gasteiger partial charge on any atom is 0.0302 e. The van der Waals surface area contributed by atoms with Crippen molar-refractivity contribution in [3.8, 4) is 0 Å². The number of hydrogen-bond donors (Lipinski definition) is 1. The Morgan fingerprint density at radius 1 is 1.33 bits per heavy atom. The topological polar surface area (TPSA) is 12.0 Å². The second-order valence-electron chi connectivity index (χ2n) is 4.29. The normalized spacial score (nSPS) is 13.3. The molecule has 1 unspecified atom stereocenters. The van der Waals surface area contributed by atoms with Crippen molar-refractivity contribution >= 4 is 23.1 Å². The van der Waals surface area contributed by atoms with Crippen molar-refractivity contribution in [3.05, 3.63) is 22.4 Å². The van der Waals surface area contributed by atoms with Crippen molar-refractivity contribution in [3.63, 3.8) is 0 Å². The maximum atomic E-state index is 3.55. The third-order valence-corrected chi connectivity index (χ3v) is 4.54. The fraction of sp³-hybridized carbons (Fsp3) is 0.667. The van der Waals surface area contributed by atoms with Gasteiger partial charge in [0, 0.05) is 23.2 Å². The van der Waals surface area contributed by atoms with Crippen molar-refractivity contribution in [1.29, 1.82) is 0 Å². The first-order valence-electron chi connectivity index (χ1n) is 5.52. The fourth-order valence-electron chi connectivity index (χ4n) is 1.23. The number of rotatable bonds is 7. The van der Waals surface area contributed by atoms with E-state index in [1.54, 1.807) is 0 Å². The Bertz CT molecular complexity index is 244. The average molecular weight is 243 g/mol. The van der Waals surface area contributed by atoms with E-state index in [9.17, 15) is 0 Å². The first-order valence-corrected chi connectivity index (χ1v) is 7.55. The van der Waals surface area contributed by atoms with Gasteiger partial charge in [-0.05, 0) is 30.0 Å². The molecule has 1 N–H and O–H groups in total. The van der Waals surface area contributed by atoms with E-state index in [1.165, 1.54) is 16.4 Å². The number of hydrogen-bond acceptors (Lipinski definition) is 3. The molecule has 1 aromatic rings. The summed E-state index contributed by atoms with van der Waals surface area (Å²) in [7, 11) is 0. The Kier molecular flexibility index (Phi) is 6.37. The molecule has 0 saturated carbocycles. The van der Waals surface area contributed by atoms with Crippen LogP contribution in [0.2, 0.25) is 0 Å². The van der Waals surface area contributed by atoms with Crippen LogP contribution >= 0.6 is 23.1 Å². The first kappa shape index (κ1) is 13.1. The first-order chi connectivity index (χ1) is 7.18. The molecule has 0 spiro atoms. The Morgan fingerprint density at radius 2 is 2.13 bits per heavy atom. The van der Waals surface area contributed by atoms with Crippen LogP contribution in [0.5, 0.6) is 0 Å². The molecule has 0 amide bonds. The monoisotopic (exact) mass is 243 g/mol. The average Bonchev–Trinajstić information content (AvgIpc) is 2.66. The van der Waals surface area contributed by atoms with Crippen molar-refractivity contribution < 1.29 is 0 Å². The molecule has 15 heavy (non-hydrogen) atoms. The van der Waals surface area contributed by atoms with E-state index in [1.807, 2.05) is 23.1 Å². The van der Waals surface area contributed by atoms with E-state index in [4.69, 9.17) is 0 Å². The van der Waals surface area contributed by atoms with Crippen LogP contribution in [0.3, 0.4) is 0 Å². The molecule has 1 atom stereocenters. The highest BCUT2D eigenvalue weighted by molar-refractivity contribution is 7.99. The highest BCUT2D eigenvalue weighted by atomic mass is 32.2. The van der Waals surface area contributed by atoms with Gasteiger partial charge in [0.05, 0.1) is 0 Å². The second kappa shape index (κ2) is 7.31. The predicted molar refractivity (Wildman–Crippen MR) is 72.8 cm³/mol. The fourth-order valence-corrected chi connectivity index (χ4v) is 2.96. The lowest BCUT2D eigenvalue weighted by Crippen LogP contribution is -2.27. The van der Waals surface area contributed by atoms with Crippen LogP contribution in [0.15, 0.2) is 17.5 Å². The van der Waals surface area contributed by atoms with Gasteiger partial charge in [-0.2, -0.15) is 11.8 Å². The summed E-state index contributed by atoms with van der Waals surface area (Å²) in [5, 5.41) is 5.68. The summed E-state index contributed by atoms with van der Waals surface area (Å²) < 4.78 is 0. The molecule has 0 radical (unpaired) electrons. The number of thioether (sulfide) groups is 1. The summed E-state index contributed by atoms with van der Waals surface area (Å²) in [5.74, 6) is 3.29. The van der Waals surface area contributed by atoms with Crippen LogP contribution in [0, 0.1) is 5.92 Å². The highest BCUT2D eigenvalue weighted by Crippen LogP contribution is 2.11. The Balaban J connectivity index is 2.06. The minimum Gasteiger partial charge on any atom is -0.309 e. The number of thiophene rings is 1. The molecule has 1 aromatic heterocycles. The third-order valence-electron chi connectivity index (χ3n) is 2.02. The molecule has 0 bridgehead atoms. The van der Waals surface area contributed by atoms with Gasteiger partial charge in [-0.15, -0.1) is 11.3 Å². The van der Waals surface area contributed by atoms with Gasteiger partial charge in [0.25, 0.3) is 0 Å². The second-order valence-corrected chi connectivity index (χ2v) is 6.40.